The minimum atomic E-state index is 0.218. The van der Waals surface area contributed by atoms with Crippen LogP contribution in [0.2, 0.25) is 0 Å². The summed E-state index contributed by atoms with van der Waals surface area (Å²) in [5.41, 5.74) is 1.77. The molecule has 2 heterocycles. The molecule has 0 unspecified atom stereocenters. The zero-order valence-corrected chi connectivity index (χ0v) is 9.55. The van der Waals surface area contributed by atoms with Gasteiger partial charge < -0.3 is 4.42 Å². The van der Waals surface area contributed by atoms with Crippen molar-refractivity contribution in [1.82, 2.24) is 15.2 Å². The van der Waals surface area contributed by atoms with Crippen LogP contribution in [-0.4, -0.2) is 15.2 Å². The molecule has 0 N–H and O–H groups in total. The molecule has 0 saturated carbocycles. The second-order valence-electron chi connectivity index (χ2n) is 3.51. The Morgan fingerprint density at radius 3 is 2.82 bits per heavy atom. The molecular formula is C12H8ClN3O. The molecule has 0 aliphatic carbocycles. The third-order valence-corrected chi connectivity index (χ3v) is 2.69. The zero-order chi connectivity index (χ0) is 11.7. The highest BCUT2D eigenvalue weighted by Gasteiger charge is 2.11. The predicted octanol–water partition coefficient (Wildman–Crippen LogP) is 3.02. The van der Waals surface area contributed by atoms with Crippen LogP contribution in [0.3, 0.4) is 0 Å². The number of hydrogen-bond acceptors (Lipinski definition) is 4. The Morgan fingerprint density at radius 1 is 1.12 bits per heavy atom. The van der Waals surface area contributed by atoms with Gasteiger partial charge in [0.1, 0.15) is 5.88 Å². The number of nitrogens with zero attached hydrogens (tertiary/aromatic N) is 3. The Morgan fingerprint density at radius 2 is 2.00 bits per heavy atom. The smallest absolute Gasteiger partial charge is 0.248 e. The van der Waals surface area contributed by atoms with Gasteiger partial charge in [-0.3, -0.25) is 4.98 Å². The number of alkyl halides is 1. The van der Waals surface area contributed by atoms with Crippen LogP contribution >= 0.6 is 11.6 Å². The van der Waals surface area contributed by atoms with Crippen molar-refractivity contribution in [2.75, 3.05) is 0 Å². The van der Waals surface area contributed by atoms with Gasteiger partial charge in [-0.2, -0.15) is 0 Å². The van der Waals surface area contributed by atoms with Crippen LogP contribution in [0.15, 0.2) is 40.9 Å². The van der Waals surface area contributed by atoms with Crippen LogP contribution in [0, 0.1) is 0 Å². The average Bonchev–Trinajstić information content (AvgIpc) is 2.87. The van der Waals surface area contributed by atoms with Gasteiger partial charge in [0.25, 0.3) is 0 Å². The topological polar surface area (TPSA) is 51.8 Å². The average molecular weight is 246 g/mol. The van der Waals surface area contributed by atoms with Crippen LogP contribution in [0.25, 0.3) is 22.4 Å². The molecule has 0 amide bonds. The fourth-order valence-corrected chi connectivity index (χ4v) is 1.81. The van der Waals surface area contributed by atoms with Crippen molar-refractivity contribution >= 4 is 22.5 Å². The summed E-state index contributed by atoms with van der Waals surface area (Å²) in [6.07, 6.45) is 1.72. The van der Waals surface area contributed by atoms with E-state index in [0.29, 0.717) is 11.8 Å². The van der Waals surface area contributed by atoms with Crippen LogP contribution in [0.5, 0.6) is 0 Å². The van der Waals surface area contributed by atoms with Crippen LogP contribution in [-0.2, 0) is 5.88 Å². The summed E-state index contributed by atoms with van der Waals surface area (Å²) in [4.78, 5) is 4.28. The standard InChI is InChI=1S/C12H8ClN3O/c13-7-11-15-16-12(17-11)9-5-6-14-10-4-2-1-3-8(9)10/h1-6H,7H2. The molecule has 2 aromatic heterocycles. The summed E-state index contributed by atoms with van der Waals surface area (Å²) in [6.45, 7) is 0. The Balaban J connectivity index is 2.23. The molecule has 0 bridgehead atoms. The van der Waals surface area contributed by atoms with Gasteiger partial charge >= 0.3 is 0 Å². The quantitative estimate of drug-likeness (QED) is 0.651. The maximum Gasteiger partial charge on any atom is 0.248 e. The number of rotatable bonds is 2. The van der Waals surface area contributed by atoms with Gasteiger partial charge in [0.15, 0.2) is 0 Å². The third kappa shape index (κ3) is 1.76. The molecule has 0 aliphatic rings. The summed E-state index contributed by atoms with van der Waals surface area (Å²) < 4.78 is 5.45. The predicted molar refractivity (Wildman–Crippen MR) is 64.6 cm³/mol. The third-order valence-electron chi connectivity index (χ3n) is 2.46. The number of benzene rings is 1. The number of halogens is 1. The van der Waals surface area contributed by atoms with Gasteiger partial charge in [-0.1, -0.05) is 18.2 Å². The fourth-order valence-electron chi connectivity index (χ4n) is 1.70. The first-order valence-electron chi connectivity index (χ1n) is 5.11. The highest BCUT2D eigenvalue weighted by molar-refractivity contribution is 6.16. The molecule has 4 nitrogen and oxygen atoms in total. The van der Waals surface area contributed by atoms with Crippen LogP contribution < -0.4 is 0 Å². The van der Waals surface area contributed by atoms with Crippen molar-refractivity contribution in [3.63, 3.8) is 0 Å². The molecule has 3 aromatic rings. The highest BCUT2D eigenvalue weighted by Crippen LogP contribution is 2.26. The van der Waals surface area contributed by atoms with Crippen molar-refractivity contribution in [1.29, 1.82) is 0 Å². The second kappa shape index (κ2) is 4.14. The summed E-state index contributed by atoms with van der Waals surface area (Å²) in [7, 11) is 0. The molecule has 0 spiro atoms. The highest BCUT2D eigenvalue weighted by atomic mass is 35.5. The lowest BCUT2D eigenvalue weighted by Crippen LogP contribution is -1.83. The number of fused-ring (bicyclic) bond motifs is 1. The lowest BCUT2D eigenvalue weighted by molar-refractivity contribution is 0.528. The van der Waals surface area contributed by atoms with E-state index >= 15 is 0 Å². The van der Waals surface area contributed by atoms with E-state index in [-0.39, 0.29) is 5.88 Å². The molecule has 0 atom stereocenters. The first-order chi connectivity index (χ1) is 8.38. The largest absolute Gasteiger partial charge is 0.419 e. The molecule has 84 valence electrons. The normalized spacial score (nSPS) is 10.9. The monoisotopic (exact) mass is 245 g/mol. The molecule has 3 rings (SSSR count). The van der Waals surface area contributed by atoms with Gasteiger partial charge in [0.2, 0.25) is 11.8 Å². The number of hydrogen-bond donors (Lipinski definition) is 0. The molecule has 0 aliphatic heterocycles. The fraction of sp³-hybridized carbons (Fsp3) is 0.0833. The Labute approximate surface area is 102 Å². The molecule has 0 fully saturated rings. The SMILES string of the molecule is ClCc1nnc(-c2ccnc3ccccc23)o1. The number of para-hydroxylation sites is 1. The first-order valence-corrected chi connectivity index (χ1v) is 5.64. The second-order valence-corrected chi connectivity index (χ2v) is 3.78. The van der Waals surface area contributed by atoms with E-state index in [4.69, 9.17) is 16.0 Å². The summed E-state index contributed by atoms with van der Waals surface area (Å²) in [5.74, 6) is 1.11. The van der Waals surface area contributed by atoms with Gasteiger partial charge in [-0.15, -0.1) is 21.8 Å². The van der Waals surface area contributed by atoms with E-state index in [0.717, 1.165) is 16.5 Å². The number of pyridine rings is 1. The Kier molecular flexibility index (Phi) is 2.49. The van der Waals surface area contributed by atoms with E-state index in [1.54, 1.807) is 6.20 Å². The molecule has 17 heavy (non-hydrogen) atoms. The van der Waals surface area contributed by atoms with E-state index in [1.165, 1.54) is 0 Å². The summed E-state index contributed by atoms with van der Waals surface area (Å²) in [6, 6.07) is 9.66. The van der Waals surface area contributed by atoms with Crippen LogP contribution in [0.4, 0.5) is 0 Å². The lowest BCUT2D eigenvalue weighted by atomic mass is 10.1. The Hall–Kier alpha value is -1.94. The van der Waals surface area contributed by atoms with Crippen molar-refractivity contribution < 1.29 is 4.42 Å². The summed E-state index contributed by atoms with van der Waals surface area (Å²) >= 11 is 5.64. The van der Waals surface area contributed by atoms with E-state index in [2.05, 4.69) is 15.2 Å². The van der Waals surface area contributed by atoms with Gasteiger partial charge in [0.05, 0.1) is 5.52 Å². The Bertz CT molecular complexity index is 660. The van der Waals surface area contributed by atoms with Gasteiger partial charge in [0, 0.05) is 17.1 Å². The van der Waals surface area contributed by atoms with E-state index in [1.807, 2.05) is 30.3 Å². The van der Waals surface area contributed by atoms with Crippen molar-refractivity contribution in [3.05, 3.63) is 42.4 Å². The molecular weight excluding hydrogens is 238 g/mol. The van der Waals surface area contributed by atoms with E-state index in [9.17, 15) is 0 Å². The molecule has 0 saturated heterocycles. The van der Waals surface area contributed by atoms with Gasteiger partial charge in [-0.05, 0) is 12.1 Å². The molecule has 5 heteroatoms. The van der Waals surface area contributed by atoms with Gasteiger partial charge in [-0.25, -0.2) is 0 Å². The van der Waals surface area contributed by atoms with E-state index < -0.39 is 0 Å². The maximum absolute atomic E-state index is 5.64. The van der Waals surface area contributed by atoms with Crippen molar-refractivity contribution in [2.45, 2.75) is 5.88 Å². The van der Waals surface area contributed by atoms with Crippen molar-refractivity contribution in [2.24, 2.45) is 0 Å². The first kappa shape index (κ1) is 10.2. The minimum Gasteiger partial charge on any atom is -0.419 e. The maximum atomic E-state index is 5.64. The zero-order valence-electron chi connectivity index (χ0n) is 8.80. The molecule has 0 radical (unpaired) electrons. The number of aromatic nitrogens is 3. The lowest BCUT2D eigenvalue weighted by Gasteiger charge is -2.00. The van der Waals surface area contributed by atoms with Crippen molar-refractivity contribution in [3.8, 4) is 11.5 Å². The van der Waals surface area contributed by atoms with Crippen LogP contribution in [0.1, 0.15) is 5.89 Å². The summed E-state index contributed by atoms with van der Waals surface area (Å²) in [5, 5.41) is 8.81. The molecule has 1 aromatic carbocycles. The minimum absolute atomic E-state index is 0.218.